The molecule has 0 saturated heterocycles. The Morgan fingerprint density at radius 1 is 0.963 bits per heavy atom. The molecule has 1 aromatic heterocycles. The van der Waals surface area contributed by atoms with Crippen LogP contribution in [0.4, 0.5) is 20.3 Å². The number of benzene rings is 2. The van der Waals surface area contributed by atoms with E-state index in [1.54, 1.807) is 0 Å². The lowest BCUT2D eigenvalue weighted by Crippen LogP contribution is -2.25. The van der Waals surface area contributed by atoms with Crippen molar-refractivity contribution in [2.45, 2.75) is 12.8 Å². The smallest absolute Gasteiger partial charge is 0.271 e. The first-order chi connectivity index (χ1) is 13.1. The molecule has 0 saturated carbocycles. The zero-order chi connectivity index (χ0) is 19.1. The largest absolute Gasteiger partial charge is 0.351 e. The van der Waals surface area contributed by atoms with Gasteiger partial charge in [-0.2, -0.15) is 0 Å². The molecule has 2 aromatic carbocycles. The number of aromatic nitrogens is 2. The van der Waals surface area contributed by atoms with Gasteiger partial charge in [-0.1, -0.05) is 30.3 Å². The SMILES string of the molecule is O=C(NCCCc1ccccc1)c1cnc(Nc2ccc(F)c(F)c2)cn1. The Balaban J connectivity index is 1.48. The third kappa shape index (κ3) is 5.31. The second-order valence-electron chi connectivity index (χ2n) is 5.89. The van der Waals surface area contributed by atoms with Gasteiger partial charge >= 0.3 is 0 Å². The summed E-state index contributed by atoms with van der Waals surface area (Å²) in [6, 6.07) is 13.5. The number of carbonyl (C=O) groups excluding carboxylic acids is 1. The maximum absolute atomic E-state index is 13.2. The van der Waals surface area contributed by atoms with Gasteiger partial charge in [0.05, 0.1) is 12.4 Å². The van der Waals surface area contributed by atoms with Crippen molar-refractivity contribution in [2.75, 3.05) is 11.9 Å². The average molecular weight is 368 g/mol. The fourth-order valence-electron chi connectivity index (χ4n) is 2.46. The molecular weight excluding hydrogens is 350 g/mol. The van der Waals surface area contributed by atoms with E-state index in [-0.39, 0.29) is 11.6 Å². The molecule has 0 aliphatic heterocycles. The molecule has 3 rings (SSSR count). The number of carbonyl (C=O) groups is 1. The summed E-state index contributed by atoms with van der Waals surface area (Å²) >= 11 is 0. The van der Waals surface area contributed by atoms with Crippen molar-refractivity contribution >= 4 is 17.4 Å². The van der Waals surface area contributed by atoms with Gasteiger partial charge in [0.15, 0.2) is 11.6 Å². The van der Waals surface area contributed by atoms with E-state index >= 15 is 0 Å². The molecule has 5 nitrogen and oxygen atoms in total. The zero-order valence-corrected chi connectivity index (χ0v) is 14.5. The Morgan fingerprint density at radius 2 is 1.78 bits per heavy atom. The van der Waals surface area contributed by atoms with Crippen molar-refractivity contribution in [3.8, 4) is 0 Å². The fraction of sp³-hybridized carbons (Fsp3) is 0.150. The van der Waals surface area contributed by atoms with Gasteiger partial charge in [0, 0.05) is 18.3 Å². The number of aryl methyl sites for hydroxylation is 1. The van der Waals surface area contributed by atoms with Crippen molar-refractivity contribution in [1.29, 1.82) is 0 Å². The van der Waals surface area contributed by atoms with Crippen molar-refractivity contribution < 1.29 is 13.6 Å². The molecule has 0 radical (unpaired) electrons. The molecule has 0 aliphatic carbocycles. The van der Waals surface area contributed by atoms with Gasteiger partial charge in [-0.25, -0.2) is 18.7 Å². The Kier molecular flexibility index (Phi) is 6.04. The lowest BCUT2D eigenvalue weighted by atomic mass is 10.1. The van der Waals surface area contributed by atoms with Crippen LogP contribution in [0.15, 0.2) is 60.9 Å². The number of anilines is 2. The summed E-state index contributed by atoms with van der Waals surface area (Å²) in [6.07, 6.45) is 4.39. The standard InChI is InChI=1S/C20H18F2N4O/c21-16-9-8-15(11-17(16)22)26-19-13-24-18(12-25-19)20(27)23-10-4-7-14-5-2-1-3-6-14/h1-3,5-6,8-9,11-13H,4,7,10H2,(H,23,27)(H,25,26). The summed E-state index contributed by atoms with van der Waals surface area (Å²) in [4.78, 5) is 20.2. The van der Waals surface area contributed by atoms with Crippen LogP contribution in [0.2, 0.25) is 0 Å². The van der Waals surface area contributed by atoms with Crippen LogP contribution in [0.5, 0.6) is 0 Å². The van der Waals surface area contributed by atoms with E-state index in [0.29, 0.717) is 18.1 Å². The number of nitrogens with one attached hydrogen (secondary N) is 2. The number of hydrogen-bond donors (Lipinski definition) is 2. The Hall–Kier alpha value is -3.35. The molecule has 0 aliphatic rings. The van der Waals surface area contributed by atoms with Crippen LogP contribution < -0.4 is 10.6 Å². The summed E-state index contributed by atoms with van der Waals surface area (Å²) < 4.78 is 26.1. The Morgan fingerprint density at radius 3 is 2.48 bits per heavy atom. The van der Waals surface area contributed by atoms with Gasteiger partial charge in [0.2, 0.25) is 0 Å². The maximum Gasteiger partial charge on any atom is 0.271 e. The quantitative estimate of drug-likeness (QED) is 0.622. The Bertz CT molecular complexity index is 902. The van der Waals surface area contributed by atoms with Crippen LogP contribution in [0, 0.1) is 11.6 Å². The van der Waals surface area contributed by atoms with Crippen LogP contribution in [0.25, 0.3) is 0 Å². The van der Waals surface area contributed by atoms with Crippen LogP contribution in [0.1, 0.15) is 22.5 Å². The molecule has 2 N–H and O–H groups in total. The molecule has 138 valence electrons. The molecule has 0 fully saturated rings. The maximum atomic E-state index is 13.2. The number of amides is 1. The Labute approximate surface area is 155 Å². The molecule has 1 amide bonds. The first-order valence-corrected chi connectivity index (χ1v) is 8.48. The van der Waals surface area contributed by atoms with E-state index < -0.39 is 11.6 Å². The van der Waals surface area contributed by atoms with E-state index in [9.17, 15) is 13.6 Å². The molecular formula is C20H18F2N4O. The molecule has 7 heteroatoms. The van der Waals surface area contributed by atoms with Crippen molar-refractivity contribution in [1.82, 2.24) is 15.3 Å². The predicted octanol–water partition coefficient (Wildman–Crippen LogP) is 3.86. The third-order valence-electron chi connectivity index (χ3n) is 3.85. The minimum atomic E-state index is -0.959. The van der Waals surface area contributed by atoms with Crippen LogP contribution in [0.3, 0.4) is 0 Å². The van der Waals surface area contributed by atoms with E-state index in [4.69, 9.17) is 0 Å². The number of hydrogen-bond acceptors (Lipinski definition) is 4. The molecule has 0 unspecified atom stereocenters. The normalized spacial score (nSPS) is 10.4. The monoisotopic (exact) mass is 368 g/mol. The minimum Gasteiger partial charge on any atom is -0.351 e. The van der Waals surface area contributed by atoms with E-state index in [1.165, 1.54) is 24.0 Å². The second-order valence-corrected chi connectivity index (χ2v) is 5.89. The third-order valence-corrected chi connectivity index (χ3v) is 3.85. The van der Waals surface area contributed by atoms with E-state index in [2.05, 4.69) is 20.6 Å². The number of nitrogens with zero attached hydrogens (tertiary/aromatic N) is 2. The van der Waals surface area contributed by atoms with Gasteiger partial charge in [-0.05, 0) is 30.5 Å². The highest BCUT2D eigenvalue weighted by molar-refractivity contribution is 5.92. The summed E-state index contributed by atoms with van der Waals surface area (Å²) in [5.74, 6) is -1.87. The first kappa shape index (κ1) is 18.4. The second kappa shape index (κ2) is 8.84. The van der Waals surface area contributed by atoms with Gasteiger partial charge in [-0.3, -0.25) is 4.79 Å². The minimum absolute atomic E-state index is 0.186. The van der Waals surface area contributed by atoms with Crippen LogP contribution in [-0.4, -0.2) is 22.4 Å². The summed E-state index contributed by atoms with van der Waals surface area (Å²) in [7, 11) is 0. The van der Waals surface area contributed by atoms with Gasteiger partial charge in [-0.15, -0.1) is 0 Å². The van der Waals surface area contributed by atoms with Crippen LogP contribution in [-0.2, 0) is 6.42 Å². The van der Waals surface area contributed by atoms with Gasteiger partial charge < -0.3 is 10.6 Å². The van der Waals surface area contributed by atoms with Crippen molar-refractivity contribution in [3.05, 3.63) is 83.8 Å². The lowest BCUT2D eigenvalue weighted by Gasteiger charge is -2.07. The highest BCUT2D eigenvalue weighted by Gasteiger charge is 2.08. The topological polar surface area (TPSA) is 66.9 Å². The van der Waals surface area contributed by atoms with E-state index in [0.717, 1.165) is 25.0 Å². The first-order valence-electron chi connectivity index (χ1n) is 8.48. The molecule has 0 atom stereocenters. The fourth-order valence-corrected chi connectivity index (χ4v) is 2.46. The van der Waals surface area contributed by atoms with Gasteiger partial charge in [0.1, 0.15) is 11.5 Å². The summed E-state index contributed by atoms with van der Waals surface area (Å²) in [6.45, 7) is 0.532. The zero-order valence-electron chi connectivity index (χ0n) is 14.5. The predicted molar refractivity (Wildman–Crippen MR) is 98.8 cm³/mol. The molecule has 27 heavy (non-hydrogen) atoms. The van der Waals surface area contributed by atoms with Crippen molar-refractivity contribution in [2.24, 2.45) is 0 Å². The number of rotatable bonds is 7. The van der Waals surface area contributed by atoms with E-state index in [1.807, 2.05) is 30.3 Å². The van der Waals surface area contributed by atoms with Crippen molar-refractivity contribution in [3.63, 3.8) is 0 Å². The number of halogens is 2. The molecule has 1 heterocycles. The molecule has 3 aromatic rings. The molecule has 0 bridgehead atoms. The molecule has 0 spiro atoms. The summed E-state index contributed by atoms with van der Waals surface area (Å²) in [5.41, 5.74) is 1.74. The highest BCUT2D eigenvalue weighted by Crippen LogP contribution is 2.17. The van der Waals surface area contributed by atoms with Gasteiger partial charge in [0.25, 0.3) is 5.91 Å². The highest BCUT2D eigenvalue weighted by atomic mass is 19.2. The lowest BCUT2D eigenvalue weighted by molar-refractivity contribution is 0.0948. The van der Waals surface area contributed by atoms with Crippen LogP contribution >= 0.6 is 0 Å². The summed E-state index contributed by atoms with van der Waals surface area (Å²) in [5, 5.41) is 5.60. The average Bonchev–Trinajstić information content (AvgIpc) is 2.69.